The first-order valence-corrected chi connectivity index (χ1v) is 12.1. The van der Waals surface area contributed by atoms with Crippen molar-refractivity contribution in [2.24, 2.45) is 0 Å². The Morgan fingerprint density at radius 2 is 1.94 bits per heavy atom. The summed E-state index contributed by atoms with van der Waals surface area (Å²) >= 11 is 6.05. The second-order valence-electron chi connectivity index (χ2n) is 6.64. The van der Waals surface area contributed by atoms with Gasteiger partial charge in [0.1, 0.15) is 4.83 Å². The predicted octanol–water partition coefficient (Wildman–Crippen LogP) is 5.80. The molecule has 0 aliphatic rings. The van der Waals surface area contributed by atoms with E-state index in [4.69, 9.17) is 4.98 Å². The van der Waals surface area contributed by atoms with Crippen molar-refractivity contribution in [1.82, 2.24) is 9.55 Å². The highest BCUT2D eigenvalue weighted by Crippen LogP contribution is 2.32. The quantitative estimate of drug-likeness (QED) is 0.193. The van der Waals surface area contributed by atoms with Gasteiger partial charge in [0.25, 0.3) is 5.56 Å². The van der Waals surface area contributed by atoms with Gasteiger partial charge >= 0.3 is 0 Å². The molecule has 4 rings (SSSR count). The lowest BCUT2D eigenvalue weighted by Crippen LogP contribution is -2.23. The monoisotopic (exact) mass is 511 g/mol. The highest BCUT2D eigenvalue weighted by Gasteiger charge is 2.17. The van der Waals surface area contributed by atoms with Crippen LogP contribution in [0.25, 0.3) is 21.3 Å². The van der Waals surface area contributed by atoms with Crippen molar-refractivity contribution >= 4 is 60.8 Å². The Morgan fingerprint density at radius 3 is 2.65 bits per heavy atom. The van der Waals surface area contributed by atoms with Gasteiger partial charge in [-0.3, -0.25) is 14.2 Å². The number of benzene rings is 2. The molecule has 0 radical (unpaired) electrons. The molecule has 0 saturated carbocycles. The second kappa shape index (κ2) is 9.64. The number of carbonyl (C=O) groups excluding carboxylic acids is 1. The molecule has 5 nitrogen and oxygen atoms in total. The van der Waals surface area contributed by atoms with Gasteiger partial charge in [0, 0.05) is 27.6 Å². The summed E-state index contributed by atoms with van der Waals surface area (Å²) in [6.45, 7) is 4.09. The average molecular weight is 512 g/mol. The second-order valence-corrected chi connectivity index (χ2v) is 9.35. The van der Waals surface area contributed by atoms with Gasteiger partial charge in [-0.15, -0.1) is 17.9 Å². The molecular formula is C23H18BrN3O2S2. The van der Waals surface area contributed by atoms with E-state index in [1.165, 1.54) is 23.1 Å². The minimum Gasteiger partial charge on any atom is -0.325 e. The number of carbonyl (C=O) groups is 1. The molecule has 1 N–H and O–H groups in total. The first-order chi connectivity index (χ1) is 15.1. The van der Waals surface area contributed by atoms with E-state index in [1.54, 1.807) is 10.6 Å². The highest BCUT2D eigenvalue weighted by atomic mass is 79.9. The minimum absolute atomic E-state index is 0.124. The van der Waals surface area contributed by atoms with Crippen molar-refractivity contribution < 1.29 is 4.79 Å². The Labute approximate surface area is 196 Å². The topological polar surface area (TPSA) is 64.0 Å². The third-order valence-corrected chi connectivity index (χ3v) is 6.89. The number of nitrogens with zero attached hydrogens (tertiary/aromatic N) is 2. The van der Waals surface area contributed by atoms with Crippen LogP contribution in [-0.2, 0) is 11.3 Å². The number of aromatic nitrogens is 2. The molecule has 0 spiro atoms. The van der Waals surface area contributed by atoms with Gasteiger partial charge in [-0.1, -0.05) is 64.1 Å². The van der Waals surface area contributed by atoms with Gasteiger partial charge in [0.15, 0.2) is 5.16 Å². The van der Waals surface area contributed by atoms with E-state index in [0.717, 1.165) is 15.6 Å². The summed E-state index contributed by atoms with van der Waals surface area (Å²) in [7, 11) is 0. The lowest BCUT2D eigenvalue weighted by Gasteiger charge is -2.11. The number of thioether (sulfide) groups is 1. The van der Waals surface area contributed by atoms with Crippen LogP contribution < -0.4 is 10.9 Å². The molecule has 31 heavy (non-hydrogen) atoms. The van der Waals surface area contributed by atoms with E-state index in [9.17, 15) is 9.59 Å². The van der Waals surface area contributed by atoms with Crippen LogP contribution in [-0.4, -0.2) is 21.2 Å². The van der Waals surface area contributed by atoms with Crippen LogP contribution in [0.5, 0.6) is 0 Å². The highest BCUT2D eigenvalue weighted by molar-refractivity contribution is 9.10. The van der Waals surface area contributed by atoms with Gasteiger partial charge in [-0.25, -0.2) is 4.98 Å². The summed E-state index contributed by atoms with van der Waals surface area (Å²) < 4.78 is 2.52. The molecule has 0 aliphatic heterocycles. The lowest BCUT2D eigenvalue weighted by molar-refractivity contribution is -0.113. The molecule has 156 valence electrons. The molecule has 2 heterocycles. The Bertz CT molecular complexity index is 1300. The molecule has 0 unspecified atom stereocenters. The third-order valence-electron chi connectivity index (χ3n) is 4.52. The number of fused-ring (bicyclic) bond motifs is 1. The number of allylic oxidation sites excluding steroid dienone is 1. The number of nitrogens with one attached hydrogen (secondary N) is 1. The van der Waals surface area contributed by atoms with Crippen LogP contribution >= 0.6 is 39.0 Å². The zero-order valence-corrected chi connectivity index (χ0v) is 19.6. The van der Waals surface area contributed by atoms with Crippen LogP contribution in [0, 0.1) is 0 Å². The van der Waals surface area contributed by atoms with Gasteiger partial charge < -0.3 is 5.32 Å². The van der Waals surface area contributed by atoms with Crippen molar-refractivity contribution in [1.29, 1.82) is 0 Å². The fraction of sp³-hybridized carbons (Fsp3) is 0.0870. The zero-order chi connectivity index (χ0) is 21.8. The molecule has 0 fully saturated rings. The van der Waals surface area contributed by atoms with E-state index in [2.05, 4.69) is 27.8 Å². The predicted molar refractivity (Wildman–Crippen MR) is 133 cm³/mol. The normalized spacial score (nSPS) is 10.9. The summed E-state index contributed by atoms with van der Waals surface area (Å²) in [5.41, 5.74) is 2.44. The first-order valence-electron chi connectivity index (χ1n) is 9.43. The largest absolute Gasteiger partial charge is 0.325 e. The molecule has 0 aliphatic carbocycles. The number of anilines is 1. The van der Waals surface area contributed by atoms with Crippen LogP contribution in [0.3, 0.4) is 0 Å². The average Bonchev–Trinajstić information content (AvgIpc) is 3.21. The maximum absolute atomic E-state index is 13.3. The van der Waals surface area contributed by atoms with Crippen LogP contribution in [0.1, 0.15) is 0 Å². The summed E-state index contributed by atoms with van der Waals surface area (Å²) in [5.74, 6) is -0.0230. The molecule has 0 atom stereocenters. The van der Waals surface area contributed by atoms with Crippen molar-refractivity contribution in [2.75, 3.05) is 11.1 Å². The fourth-order valence-corrected chi connectivity index (χ4v) is 5.16. The van der Waals surface area contributed by atoms with Gasteiger partial charge in [-0.05, 0) is 29.8 Å². The number of hydrogen-bond acceptors (Lipinski definition) is 5. The molecule has 2 aromatic heterocycles. The Kier molecular flexibility index (Phi) is 6.70. The smallest absolute Gasteiger partial charge is 0.263 e. The number of halogens is 1. The lowest BCUT2D eigenvalue weighted by atomic mass is 10.1. The standard InChI is InChI=1S/C23H18BrN3O2S2/c1-2-12-27-22(29)20-18(15-6-4-3-5-7-15)13-30-21(20)26-23(27)31-14-19(28)25-17-10-8-16(24)9-11-17/h2-11,13H,1,12,14H2,(H,25,28). The van der Waals surface area contributed by atoms with Gasteiger partial charge in [0.05, 0.1) is 11.1 Å². The summed E-state index contributed by atoms with van der Waals surface area (Å²) in [4.78, 5) is 31.1. The van der Waals surface area contributed by atoms with Crippen molar-refractivity contribution in [3.63, 3.8) is 0 Å². The Balaban J connectivity index is 1.62. The van der Waals surface area contributed by atoms with Gasteiger partial charge in [-0.2, -0.15) is 0 Å². The number of amides is 1. The number of rotatable bonds is 7. The fourth-order valence-electron chi connectivity index (χ4n) is 3.10. The summed E-state index contributed by atoms with van der Waals surface area (Å²) in [5, 5.41) is 5.92. The van der Waals surface area contributed by atoms with Crippen LogP contribution in [0.15, 0.2) is 87.1 Å². The molecular weight excluding hydrogens is 494 g/mol. The molecule has 8 heteroatoms. The Hall–Kier alpha value is -2.68. The molecule has 0 bridgehead atoms. The maximum Gasteiger partial charge on any atom is 0.263 e. The molecule has 0 saturated heterocycles. The molecule has 4 aromatic rings. The zero-order valence-electron chi connectivity index (χ0n) is 16.4. The van der Waals surface area contributed by atoms with Crippen molar-refractivity contribution in [3.05, 3.63) is 87.5 Å². The van der Waals surface area contributed by atoms with Gasteiger partial charge in [0.2, 0.25) is 5.91 Å². The molecule has 2 aromatic carbocycles. The SMILES string of the molecule is C=CCn1c(SCC(=O)Nc2ccc(Br)cc2)nc2scc(-c3ccccc3)c2c1=O. The molecule has 1 amide bonds. The van der Waals surface area contributed by atoms with Crippen molar-refractivity contribution in [3.8, 4) is 11.1 Å². The third kappa shape index (κ3) is 4.81. The van der Waals surface area contributed by atoms with Crippen LogP contribution in [0.4, 0.5) is 5.69 Å². The van der Waals surface area contributed by atoms with E-state index in [-0.39, 0.29) is 17.2 Å². The summed E-state index contributed by atoms with van der Waals surface area (Å²) in [6.07, 6.45) is 1.66. The first kappa shape index (κ1) is 21.5. The summed E-state index contributed by atoms with van der Waals surface area (Å²) in [6, 6.07) is 17.2. The van der Waals surface area contributed by atoms with E-state index in [0.29, 0.717) is 27.6 Å². The number of thiophene rings is 1. The van der Waals surface area contributed by atoms with E-state index in [1.807, 2.05) is 60.0 Å². The number of hydrogen-bond donors (Lipinski definition) is 1. The van der Waals surface area contributed by atoms with E-state index < -0.39 is 0 Å². The van der Waals surface area contributed by atoms with Crippen LogP contribution in [0.2, 0.25) is 0 Å². The maximum atomic E-state index is 13.3. The van der Waals surface area contributed by atoms with Crippen molar-refractivity contribution in [2.45, 2.75) is 11.7 Å². The van der Waals surface area contributed by atoms with E-state index >= 15 is 0 Å². The minimum atomic E-state index is -0.164. The Morgan fingerprint density at radius 1 is 1.19 bits per heavy atom.